The van der Waals surface area contributed by atoms with E-state index in [0.717, 1.165) is 0 Å². The number of aromatic nitrogens is 4. The van der Waals surface area contributed by atoms with Crippen LogP contribution in [0, 0.1) is 0 Å². The van der Waals surface area contributed by atoms with E-state index in [0.29, 0.717) is 190 Å². The van der Waals surface area contributed by atoms with Gasteiger partial charge in [0.15, 0.2) is 0 Å². The molecule has 0 spiro atoms. The summed E-state index contributed by atoms with van der Waals surface area (Å²) in [4.78, 5) is 142. The lowest BCUT2D eigenvalue weighted by molar-refractivity contribution is -0.138. The standard InChI is InChI=1S/C74H70N12O8/c87-63-27-9-28-64(88)86-42-14-26-62(86)74(94)82-50-22-8-4-18-46(50)70-57-37-35-55(77-57)68-44-16-2-6-20-48(44)80-72(92)60-24-12-40-84(60)65(89)29-10-30-66(90)85-41-13-25-61(85)73(93)81-49-21-7-3-17-45(49)69(56-36-38-58(70)78-56)54-34-32-52(76-54)67(51-31-33-53(68)75-51)43-15-1-5-19-47(43)79-71(91)59-23-11-39-83(59)63/h1-8,15-22,31-38,59-62,75,78H,9-14,23-30,39-42H2,(H,79,91)(H,80,92)(H,81,93)(H,82,94)/t59-,60-,61-,62-/m0/s1. The highest BCUT2D eigenvalue weighted by Gasteiger charge is 2.39. The molecule has 4 saturated heterocycles. The highest BCUT2D eigenvalue weighted by Crippen LogP contribution is 2.44. The molecule has 13 heterocycles. The molecule has 12 bridgehead atoms. The van der Waals surface area contributed by atoms with Crippen molar-refractivity contribution in [1.82, 2.24) is 39.5 Å². The summed E-state index contributed by atoms with van der Waals surface area (Å²) >= 11 is 0. The number of benzene rings is 4. The minimum Gasteiger partial charge on any atom is -0.354 e. The fourth-order valence-corrected chi connectivity index (χ4v) is 15.2. The molecule has 94 heavy (non-hydrogen) atoms. The van der Waals surface area contributed by atoms with E-state index < -0.39 is 24.2 Å². The molecule has 6 N–H and O–H groups in total. The number of fused-ring (bicyclic) bond motifs is 12. The molecule has 0 unspecified atom stereocenters. The lowest BCUT2D eigenvalue weighted by Crippen LogP contribution is -2.44. The summed E-state index contributed by atoms with van der Waals surface area (Å²) in [5.41, 5.74) is 11.1. The smallest absolute Gasteiger partial charge is 0.247 e. The van der Waals surface area contributed by atoms with Crippen molar-refractivity contribution in [2.24, 2.45) is 0 Å². The number of nitrogens with zero attached hydrogens (tertiary/aromatic N) is 6. The third-order valence-corrected chi connectivity index (χ3v) is 19.6. The molecule has 20 heteroatoms. The van der Waals surface area contributed by atoms with Crippen LogP contribution in [0.4, 0.5) is 22.7 Å². The molecule has 474 valence electrons. The summed E-state index contributed by atoms with van der Waals surface area (Å²) in [5, 5.41) is 13.0. The van der Waals surface area contributed by atoms with Gasteiger partial charge in [-0.25, -0.2) is 9.97 Å². The van der Waals surface area contributed by atoms with Crippen LogP contribution in [0.5, 0.6) is 0 Å². The van der Waals surface area contributed by atoms with Crippen molar-refractivity contribution in [3.8, 4) is 44.5 Å². The van der Waals surface area contributed by atoms with Gasteiger partial charge in [0, 0.05) is 141 Å². The average Bonchev–Trinajstić information content (AvgIpc) is 1.59. The number of carbonyl (C=O) groups is 8. The second-order valence-electron chi connectivity index (χ2n) is 25.3. The molecule has 0 saturated carbocycles. The molecular formula is C74H70N12O8. The van der Waals surface area contributed by atoms with E-state index in [2.05, 4.69) is 31.2 Å². The van der Waals surface area contributed by atoms with Crippen molar-refractivity contribution in [3.63, 3.8) is 0 Å². The first-order chi connectivity index (χ1) is 45.9. The number of aromatic amines is 2. The van der Waals surface area contributed by atoms with Crippen LogP contribution in [0.15, 0.2) is 121 Å². The molecule has 20 nitrogen and oxygen atoms in total. The van der Waals surface area contributed by atoms with Crippen LogP contribution < -0.4 is 21.3 Å². The van der Waals surface area contributed by atoms with Crippen molar-refractivity contribution in [2.75, 3.05) is 47.4 Å². The van der Waals surface area contributed by atoms with E-state index in [1.54, 1.807) is 19.6 Å². The number of amides is 8. The third kappa shape index (κ3) is 11.1. The minimum atomic E-state index is -0.792. The Morgan fingerprint density at radius 2 is 0.532 bits per heavy atom. The van der Waals surface area contributed by atoms with E-state index in [4.69, 9.17) is 9.97 Å². The van der Waals surface area contributed by atoms with Crippen LogP contribution in [-0.2, 0) is 38.4 Å². The van der Waals surface area contributed by atoms with E-state index in [1.165, 1.54) is 0 Å². The number of hydrogen-bond donors (Lipinski definition) is 6. The van der Waals surface area contributed by atoms with Crippen LogP contribution in [0.1, 0.15) is 113 Å². The Hall–Kier alpha value is -10.8. The molecule has 0 aliphatic carbocycles. The number of anilines is 4. The Morgan fingerprint density at radius 3 is 0.777 bits per heavy atom. The van der Waals surface area contributed by atoms with Gasteiger partial charge in [-0.05, 0) is 137 Å². The first-order valence-electron chi connectivity index (χ1n) is 32.9. The summed E-state index contributed by atoms with van der Waals surface area (Å²) < 4.78 is 0. The molecule has 0 radical (unpaired) electrons. The maximum Gasteiger partial charge on any atom is 0.247 e. The topological polar surface area (TPSA) is 255 Å². The molecule has 4 aromatic carbocycles. The molecular weight excluding hydrogens is 1180 g/mol. The van der Waals surface area contributed by atoms with Crippen molar-refractivity contribution < 1.29 is 38.4 Å². The van der Waals surface area contributed by atoms with Crippen molar-refractivity contribution in [2.45, 2.75) is 114 Å². The molecule has 7 aromatic rings. The van der Waals surface area contributed by atoms with E-state index in [-0.39, 0.29) is 85.8 Å². The summed E-state index contributed by atoms with van der Waals surface area (Å²) in [6.07, 6.45) is 12.5. The number of para-hydroxylation sites is 4. The highest BCUT2D eigenvalue weighted by molar-refractivity contribution is 6.10. The Bertz CT molecular complexity index is 4020. The summed E-state index contributed by atoms with van der Waals surface area (Å²) in [5.74, 6) is -2.38. The second kappa shape index (κ2) is 25.0. The van der Waals surface area contributed by atoms with Crippen molar-refractivity contribution in [3.05, 3.63) is 144 Å². The fourth-order valence-electron chi connectivity index (χ4n) is 15.2. The Kier molecular flexibility index (Phi) is 15.9. The van der Waals surface area contributed by atoms with Crippen LogP contribution >= 0.6 is 0 Å². The molecule has 3 aromatic heterocycles. The summed E-state index contributed by atoms with van der Waals surface area (Å²) in [6.45, 7) is 1.50. The van der Waals surface area contributed by atoms with E-state index >= 15 is 0 Å². The number of carbonyl (C=O) groups excluding carboxylic acids is 8. The lowest BCUT2D eigenvalue weighted by Gasteiger charge is -2.26. The summed E-state index contributed by atoms with van der Waals surface area (Å²) in [7, 11) is 0. The highest BCUT2D eigenvalue weighted by atomic mass is 16.2. The van der Waals surface area contributed by atoms with Gasteiger partial charge < -0.3 is 50.8 Å². The molecule has 8 amide bonds. The number of H-pyrrole nitrogens is 2. The first kappa shape index (κ1) is 59.5. The van der Waals surface area contributed by atoms with Crippen molar-refractivity contribution >= 4 is 116 Å². The third-order valence-electron chi connectivity index (χ3n) is 19.6. The quantitative estimate of drug-likeness (QED) is 0.0837. The fraction of sp³-hybridized carbons (Fsp3) is 0.297. The second-order valence-corrected chi connectivity index (χ2v) is 25.3. The number of nitrogens with one attached hydrogen (secondary N) is 6. The molecule has 10 aliphatic heterocycles. The minimum absolute atomic E-state index is 0.0464. The number of hydrogen-bond acceptors (Lipinski definition) is 10. The lowest BCUT2D eigenvalue weighted by atomic mass is 10.0. The Labute approximate surface area is 541 Å². The number of rotatable bonds is 0. The van der Waals surface area contributed by atoms with E-state index in [9.17, 15) is 38.4 Å². The van der Waals surface area contributed by atoms with Gasteiger partial charge in [0.2, 0.25) is 47.3 Å². The predicted octanol–water partition coefficient (Wildman–Crippen LogP) is 11.4. The monoisotopic (exact) mass is 1250 g/mol. The average molecular weight is 1260 g/mol. The predicted molar refractivity (Wildman–Crippen MR) is 362 cm³/mol. The Morgan fingerprint density at radius 1 is 0.298 bits per heavy atom. The summed E-state index contributed by atoms with van der Waals surface area (Å²) in [6, 6.07) is 34.6. The zero-order valence-corrected chi connectivity index (χ0v) is 51.8. The van der Waals surface area contributed by atoms with Gasteiger partial charge >= 0.3 is 0 Å². The molecule has 17 rings (SSSR count). The van der Waals surface area contributed by atoms with Gasteiger partial charge in [-0.1, -0.05) is 72.8 Å². The normalized spacial score (nSPS) is 21.2. The van der Waals surface area contributed by atoms with Crippen LogP contribution in [0.25, 0.3) is 90.9 Å². The van der Waals surface area contributed by atoms with Gasteiger partial charge in [0.25, 0.3) is 0 Å². The SMILES string of the molecule is O=C1Nc2ccccc2-c2c3nc(c4c5ccc([nH]5)c(c5nc(c(c6ccc2[nH]6)-c2ccccc2NC(=O)[C@@H]2CCCN2C(=O)CCCC(=O)N2CCC[C@H]2C(=O)Nc2ccccc2-4)C=C5)-c2ccccc2NC(=O)[C@@H]2CCCN2C(=O)CCCC(=O)N2CCC[C@@H]12)C=C3. The van der Waals surface area contributed by atoms with Gasteiger partial charge in [-0.2, -0.15) is 0 Å². The zero-order valence-electron chi connectivity index (χ0n) is 51.8. The maximum atomic E-state index is 14.9. The van der Waals surface area contributed by atoms with Gasteiger partial charge in [-0.15, -0.1) is 0 Å². The van der Waals surface area contributed by atoms with Gasteiger partial charge in [-0.3, -0.25) is 38.4 Å². The zero-order chi connectivity index (χ0) is 64.1. The Balaban J connectivity index is 1.04. The van der Waals surface area contributed by atoms with Crippen LogP contribution in [-0.4, -0.2) is 137 Å². The van der Waals surface area contributed by atoms with E-state index in [1.807, 2.05) is 146 Å². The van der Waals surface area contributed by atoms with Crippen LogP contribution in [0.2, 0.25) is 0 Å². The first-order valence-corrected chi connectivity index (χ1v) is 32.9. The molecule has 4 atom stereocenters. The van der Waals surface area contributed by atoms with Crippen molar-refractivity contribution in [1.29, 1.82) is 0 Å². The largest absolute Gasteiger partial charge is 0.354 e. The molecule has 4 fully saturated rings. The molecule has 10 aliphatic rings. The van der Waals surface area contributed by atoms with Crippen LogP contribution in [0.3, 0.4) is 0 Å². The van der Waals surface area contributed by atoms with Gasteiger partial charge in [0.1, 0.15) is 24.2 Å². The maximum absolute atomic E-state index is 14.9. The van der Waals surface area contributed by atoms with Gasteiger partial charge in [0.05, 0.1) is 22.8 Å².